The Hall–Kier alpha value is -0.300. The molecule has 0 bridgehead atoms. The third kappa shape index (κ3) is 7.30. The fraction of sp³-hybridized carbons (Fsp3) is 0.944. The van der Waals surface area contributed by atoms with Crippen molar-refractivity contribution in [3.8, 4) is 0 Å². The van der Waals surface area contributed by atoms with E-state index in [9.17, 15) is 4.79 Å². The van der Waals surface area contributed by atoms with Crippen molar-refractivity contribution in [3.63, 3.8) is 0 Å². The van der Waals surface area contributed by atoms with Gasteiger partial charge in [0.15, 0.2) is 0 Å². The molecule has 0 aliphatic carbocycles. The summed E-state index contributed by atoms with van der Waals surface area (Å²) >= 11 is 2.07. The predicted molar refractivity (Wildman–Crippen MR) is 101 cm³/mol. The maximum Gasteiger partial charge on any atom is 0.220 e. The van der Waals surface area contributed by atoms with Gasteiger partial charge in [0.05, 0.1) is 6.61 Å². The van der Waals surface area contributed by atoms with Crippen LogP contribution in [0.5, 0.6) is 0 Å². The van der Waals surface area contributed by atoms with Gasteiger partial charge in [-0.1, -0.05) is 27.2 Å². The number of carbonyl (C=O) groups is 1. The topological polar surface area (TPSA) is 62.4 Å². The molecule has 0 aromatic carbocycles. The first-order chi connectivity index (χ1) is 11.5. The van der Waals surface area contributed by atoms with E-state index in [1.165, 1.54) is 12.2 Å². The van der Waals surface area contributed by atoms with Gasteiger partial charge in [0.25, 0.3) is 0 Å². The van der Waals surface area contributed by atoms with E-state index in [2.05, 4.69) is 48.5 Å². The Morgan fingerprint density at radius 3 is 2.88 bits per heavy atom. The highest BCUT2D eigenvalue weighted by Gasteiger charge is 2.38. The van der Waals surface area contributed by atoms with Crippen LogP contribution >= 0.6 is 11.8 Å². The van der Waals surface area contributed by atoms with Crippen LogP contribution in [0.4, 0.5) is 0 Å². The van der Waals surface area contributed by atoms with Crippen LogP contribution in [0.1, 0.15) is 52.9 Å². The number of rotatable bonds is 10. The van der Waals surface area contributed by atoms with Gasteiger partial charge in [0.2, 0.25) is 5.91 Å². The van der Waals surface area contributed by atoms with Crippen molar-refractivity contribution in [2.45, 2.75) is 70.2 Å². The molecule has 5 nitrogen and oxygen atoms in total. The number of unbranched alkanes of at least 4 members (excludes halogenated alkanes) is 1. The summed E-state index contributed by atoms with van der Waals surface area (Å²) in [6, 6.07) is 1.29. The molecule has 2 rings (SSSR count). The van der Waals surface area contributed by atoms with Gasteiger partial charge in [0.1, 0.15) is 0 Å². The molecule has 0 spiro atoms. The van der Waals surface area contributed by atoms with Gasteiger partial charge in [-0.2, -0.15) is 11.8 Å². The number of amides is 1. The number of ether oxygens (including phenoxy) is 1. The minimum absolute atomic E-state index is 0.159. The molecular formula is C18H35N3O2S. The number of hydrogen-bond donors (Lipinski definition) is 3. The molecule has 24 heavy (non-hydrogen) atoms. The molecule has 0 unspecified atom stereocenters. The number of carbonyl (C=O) groups excluding carboxylic acids is 1. The maximum atomic E-state index is 11.8. The summed E-state index contributed by atoms with van der Waals surface area (Å²) in [5.74, 6) is 1.38. The van der Waals surface area contributed by atoms with Crippen LogP contribution in [-0.2, 0) is 9.53 Å². The molecule has 2 aliphatic rings. The first-order valence-corrected chi connectivity index (χ1v) is 10.4. The zero-order chi connectivity index (χ0) is 17.4. The van der Waals surface area contributed by atoms with Gasteiger partial charge in [-0.15, -0.1) is 0 Å². The molecule has 0 aromatic heterocycles. The van der Waals surface area contributed by atoms with Crippen LogP contribution in [0.15, 0.2) is 0 Å². The van der Waals surface area contributed by atoms with E-state index < -0.39 is 0 Å². The summed E-state index contributed by atoms with van der Waals surface area (Å²) in [5, 5.41) is 10.7. The van der Waals surface area contributed by atoms with E-state index in [4.69, 9.17) is 4.74 Å². The lowest BCUT2D eigenvalue weighted by molar-refractivity contribution is -0.121. The number of thioether (sulfide) groups is 1. The molecule has 0 aromatic rings. The SMILES string of the molecule is CC(C)(C)CCOCCNC(=O)CCCC[C@@H]1SC[C@@H]2NCN[C@@H]21. The molecule has 0 saturated carbocycles. The van der Waals surface area contributed by atoms with Crippen molar-refractivity contribution in [1.29, 1.82) is 0 Å². The molecule has 140 valence electrons. The van der Waals surface area contributed by atoms with Gasteiger partial charge in [-0.05, 0) is 24.7 Å². The monoisotopic (exact) mass is 357 g/mol. The second kappa shape index (κ2) is 10.00. The smallest absolute Gasteiger partial charge is 0.220 e. The lowest BCUT2D eigenvalue weighted by Gasteiger charge is -2.17. The highest BCUT2D eigenvalue weighted by Crippen LogP contribution is 2.32. The number of nitrogens with one attached hydrogen (secondary N) is 3. The van der Waals surface area contributed by atoms with E-state index in [0.29, 0.717) is 42.3 Å². The van der Waals surface area contributed by atoms with Gasteiger partial charge in [0, 0.05) is 49.3 Å². The first kappa shape index (κ1) is 20.0. The van der Waals surface area contributed by atoms with Crippen LogP contribution < -0.4 is 16.0 Å². The van der Waals surface area contributed by atoms with Crippen molar-refractivity contribution >= 4 is 17.7 Å². The van der Waals surface area contributed by atoms with E-state index in [0.717, 1.165) is 32.5 Å². The molecule has 3 N–H and O–H groups in total. The van der Waals surface area contributed by atoms with Crippen LogP contribution in [0, 0.1) is 5.41 Å². The van der Waals surface area contributed by atoms with E-state index in [1.807, 2.05) is 0 Å². The molecule has 6 heteroatoms. The highest BCUT2D eigenvalue weighted by atomic mass is 32.2. The van der Waals surface area contributed by atoms with Crippen LogP contribution in [0.2, 0.25) is 0 Å². The average Bonchev–Trinajstić information content (AvgIpc) is 3.10. The summed E-state index contributed by atoms with van der Waals surface area (Å²) < 4.78 is 5.56. The van der Waals surface area contributed by atoms with Gasteiger partial charge in [-0.25, -0.2) is 0 Å². The summed E-state index contributed by atoms with van der Waals surface area (Å²) in [5.41, 5.74) is 0.310. The third-order valence-electron chi connectivity index (χ3n) is 4.73. The summed E-state index contributed by atoms with van der Waals surface area (Å²) in [4.78, 5) is 11.8. The normalized spacial score (nSPS) is 26.5. The minimum Gasteiger partial charge on any atom is -0.380 e. The van der Waals surface area contributed by atoms with Crippen LogP contribution in [-0.4, -0.2) is 55.4 Å². The van der Waals surface area contributed by atoms with Gasteiger partial charge >= 0.3 is 0 Å². The second-order valence-electron chi connectivity index (χ2n) is 8.11. The minimum atomic E-state index is 0.159. The second-order valence-corrected chi connectivity index (χ2v) is 9.38. The molecule has 2 aliphatic heterocycles. The number of hydrogen-bond acceptors (Lipinski definition) is 5. The van der Waals surface area contributed by atoms with Crippen molar-refractivity contribution in [2.24, 2.45) is 5.41 Å². The fourth-order valence-electron chi connectivity index (χ4n) is 3.19. The van der Waals surface area contributed by atoms with Crippen LogP contribution in [0.25, 0.3) is 0 Å². The Bertz CT molecular complexity index is 387. The van der Waals surface area contributed by atoms with Gasteiger partial charge in [-0.3, -0.25) is 15.4 Å². The first-order valence-electron chi connectivity index (χ1n) is 9.38. The Morgan fingerprint density at radius 1 is 1.25 bits per heavy atom. The Morgan fingerprint density at radius 2 is 2.08 bits per heavy atom. The number of fused-ring (bicyclic) bond motifs is 1. The van der Waals surface area contributed by atoms with Gasteiger partial charge < -0.3 is 10.1 Å². The zero-order valence-corrected chi connectivity index (χ0v) is 16.3. The molecule has 2 saturated heterocycles. The molecule has 0 radical (unpaired) electrons. The van der Waals surface area contributed by atoms with E-state index in [1.54, 1.807) is 0 Å². The summed E-state index contributed by atoms with van der Waals surface area (Å²) in [6.45, 7) is 9.59. The summed E-state index contributed by atoms with van der Waals surface area (Å²) in [6.07, 6.45) is 5.02. The molecule has 1 amide bonds. The largest absolute Gasteiger partial charge is 0.380 e. The van der Waals surface area contributed by atoms with Crippen molar-refractivity contribution in [2.75, 3.05) is 32.2 Å². The molecular weight excluding hydrogens is 322 g/mol. The molecule has 2 heterocycles. The standard InChI is InChI=1S/C18H35N3O2S/c1-18(2,3)8-10-23-11-9-19-16(22)7-5-4-6-15-17-14(12-24-15)20-13-21-17/h14-15,17,20-21H,4-13H2,1-3H3,(H,19,22)/t14-,15-,17-/m0/s1. The maximum absolute atomic E-state index is 11.8. The Kier molecular flexibility index (Phi) is 8.34. The average molecular weight is 358 g/mol. The third-order valence-corrected chi connectivity index (χ3v) is 6.24. The van der Waals surface area contributed by atoms with E-state index in [-0.39, 0.29) is 5.91 Å². The van der Waals surface area contributed by atoms with Crippen molar-refractivity contribution in [1.82, 2.24) is 16.0 Å². The molecule has 3 atom stereocenters. The quantitative estimate of drug-likeness (QED) is 0.523. The van der Waals surface area contributed by atoms with Crippen molar-refractivity contribution < 1.29 is 9.53 Å². The van der Waals surface area contributed by atoms with Crippen molar-refractivity contribution in [3.05, 3.63) is 0 Å². The molecule has 2 fully saturated rings. The Balaban J connectivity index is 1.41. The lowest BCUT2D eigenvalue weighted by atomic mass is 9.93. The van der Waals surface area contributed by atoms with Crippen LogP contribution in [0.3, 0.4) is 0 Å². The fourth-order valence-corrected chi connectivity index (χ4v) is 4.79. The highest BCUT2D eigenvalue weighted by molar-refractivity contribution is 8.00. The van der Waals surface area contributed by atoms with E-state index >= 15 is 0 Å². The summed E-state index contributed by atoms with van der Waals surface area (Å²) in [7, 11) is 0. The Labute approximate surface area is 151 Å². The zero-order valence-electron chi connectivity index (χ0n) is 15.5. The lowest BCUT2D eigenvalue weighted by Crippen LogP contribution is -2.36. The predicted octanol–water partition coefficient (Wildman–Crippen LogP) is 2.12.